The monoisotopic (exact) mass is 286 g/mol. The van der Waals surface area contributed by atoms with Gasteiger partial charge in [-0.1, -0.05) is 30.4 Å². The molecule has 3 nitrogen and oxygen atoms in total. The Balaban J connectivity index is 2.25. The standard InChI is InChI=1S/C17H15FO3/c1-11(2)13-7-14(17(19)20)9-15(8-13)21-10-12-5-3-4-6-16(12)18/h3-9H,1,10H2,2H3,(H,19,20). The number of aromatic carboxylic acids is 1. The Hall–Kier alpha value is -2.62. The number of ether oxygens (including phenoxy) is 1. The van der Waals surface area contributed by atoms with Gasteiger partial charge in [0.1, 0.15) is 18.2 Å². The number of rotatable bonds is 5. The number of carboxylic acid groups (broad SMARTS) is 1. The Morgan fingerprint density at radius 1 is 1.24 bits per heavy atom. The molecule has 0 bridgehead atoms. The zero-order valence-corrected chi connectivity index (χ0v) is 11.6. The minimum Gasteiger partial charge on any atom is -0.489 e. The molecule has 0 aliphatic carbocycles. The summed E-state index contributed by atoms with van der Waals surface area (Å²) in [5.41, 5.74) is 1.93. The van der Waals surface area contributed by atoms with E-state index in [4.69, 9.17) is 9.84 Å². The number of carboxylic acids is 1. The van der Waals surface area contributed by atoms with Crippen molar-refractivity contribution in [3.63, 3.8) is 0 Å². The van der Waals surface area contributed by atoms with Gasteiger partial charge >= 0.3 is 5.97 Å². The highest BCUT2D eigenvalue weighted by atomic mass is 19.1. The highest BCUT2D eigenvalue weighted by Gasteiger charge is 2.09. The second-order valence-corrected chi connectivity index (χ2v) is 4.71. The zero-order chi connectivity index (χ0) is 15.4. The number of halogens is 1. The van der Waals surface area contributed by atoms with Crippen molar-refractivity contribution in [1.82, 2.24) is 0 Å². The lowest BCUT2D eigenvalue weighted by molar-refractivity contribution is 0.0696. The van der Waals surface area contributed by atoms with Crippen LogP contribution in [0.25, 0.3) is 5.57 Å². The topological polar surface area (TPSA) is 46.5 Å². The van der Waals surface area contributed by atoms with Crippen LogP contribution in [-0.4, -0.2) is 11.1 Å². The fraction of sp³-hybridized carbons (Fsp3) is 0.118. The summed E-state index contributed by atoms with van der Waals surface area (Å²) in [5, 5.41) is 9.10. The summed E-state index contributed by atoms with van der Waals surface area (Å²) >= 11 is 0. The molecule has 0 aliphatic heterocycles. The predicted molar refractivity (Wildman–Crippen MR) is 78.8 cm³/mol. The third-order valence-electron chi connectivity index (χ3n) is 3.00. The van der Waals surface area contributed by atoms with Gasteiger partial charge in [0, 0.05) is 5.56 Å². The third kappa shape index (κ3) is 3.69. The van der Waals surface area contributed by atoms with E-state index in [1.54, 1.807) is 31.2 Å². The summed E-state index contributed by atoms with van der Waals surface area (Å²) in [6.45, 7) is 5.60. The molecule has 2 aromatic rings. The average Bonchev–Trinajstić information content (AvgIpc) is 2.46. The average molecular weight is 286 g/mol. The molecule has 0 fully saturated rings. The van der Waals surface area contributed by atoms with Gasteiger partial charge < -0.3 is 9.84 Å². The van der Waals surface area contributed by atoms with Gasteiger partial charge in [-0.3, -0.25) is 0 Å². The fourth-order valence-electron chi connectivity index (χ4n) is 1.83. The molecule has 0 spiro atoms. The summed E-state index contributed by atoms with van der Waals surface area (Å²) in [6.07, 6.45) is 0. The quantitative estimate of drug-likeness (QED) is 0.898. The number of hydrogen-bond donors (Lipinski definition) is 1. The number of hydrogen-bond acceptors (Lipinski definition) is 2. The second kappa shape index (κ2) is 6.22. The summed E-state index contributed by atoms with van der Waals surface area (Å²) < 4.78 is 19.0. The molecule has 0 heterocycles. The Kier molecular flexibility index (Phi) is 4.38. The lowest BCUT2D eigenvalue weighted by Crippen LogP contribution is -2.02. The lowest BCUT2D eigenvalue weighted by atomic mass is 10.1. The first kappa shape index (κ1) is 14.8. The highest BCUT2D eigenvalue weighted by Crippen LogP contribution is 2.23. The van der Waals surface area contributed by atoms with Crippen molar-refractivity contribution in [3.8, 4) is 5.75 Å². The molecule has 0 atom stereocenters. The first-order valence-electron chi connectivity index (χ1n) is 6.38. The first-order valence-corrected chi connectivity index (χ1v) is 6.38. The van der Waals surface area contributed by atoms with Gasteiger partial charge in [-0.25, -0.2) is 9.18 Å². The molecule has 0 radical (unpaired) electrons. The van der Waals surface area contributed by atoms with E-state index in [1.807, 2.05) is 0 Å². The summed E-state index contributed by atoms with van der Waals surface area (Å²) in [4.78, 5) is 11.1. The second-order valence-electron chi connectivity index (χ2n) is 4.71. The Bertz CT molecular complexity index is 660. The molecule has 0 amide bonds. The van der Waals surface area contributed by atoms with E-state index in [0.717, 1.165) is 5.57 Å². The highest BCUT2D eigenvalue weighted by molar-refractivity contribution is 5.89. The van der Waals surface area contributed by atoms with E-state index in [9.17, 15) is 9.18 Å². The van der Waals surface area contributed by atoms with Crippen molar-refractivity contribution in [3.05, 3.63) is 71.6 Å². The number of carbonyl (C=O) groups is 1. The van der Waals surface area contributed by atoms with E-state index in [2.05, 4.69) is 6.58 Å². The SMILES string of the molecule is C=C(C)c1cc(OCc2ccccc2F)cc(C(=O)O)c1. The largest absolute Gasteiger partial charge is 0.489 e. The normalized spacial score (nSPS) is 10.2. The number of benzene rings is 2. The van der Waals surface area contributed by atoms with Crippen LogP contribution in [0.2, 0.25) is 0 Å². The summed E-state index contributed by atoms with van der Waals surface area (Å²) in [5.74, 6) is -1.03. The molecule has 0 aliphatic rings. The molecule has 2 rings (SSSR count). The van der Waals surface area contributed by atoms with E-state index in [0.29, 0.717) is 16.9 Å². The molecule has 0 saturated heterocycles. The fourth-order valence-corrected chi connectivity index (χ4v) is 1.83. The van der Waals surface area contributed by atoms with Crippen LogP contribution in [0.3, 0.4) is 0 Å². The van der Waals surface area contributed by atoms with E-state index in [1.165, 1.54) is 18.2 Å². The molecule has 0 unspecified atom stereocenters. The van der Waals surface area contributed by atoms with Crippen LogP contribution < -0.4 is 4.74 Å². The van der Waals surface area contributed by atoms with Gasteiger partial charge in [-0.2, -0.15) is 0 Å². The van der Waals surface area contributed by atoms with Gasteiger partial charge in [0.15, 0.2) is 0 Å². The van der Waals surface area contributed by atoms with Crippen LogP contribution in [0.1, 0.15) is 28.4 Å². The van der Waals surface area contributed by atoms with E-state index < -0.39 is 5.97 Å². The summed E-state index contributed by atoms with van der Waals surface area (Å²) in [7, 11) is 0. The predicted octanol–water partition coefficient (Wildman–Crippen LogP) is 4.14. The van der Waals surface area contributed by atoms with Gasteiger partial charge in [0.2, 0.25) is 0 Å². The Morgan fingerprint density at radius 2 is 1.90 bits per heavy atom. The molecule has 0 saturated carbocycles. The smallest absolute Gasteiger partial charge is 0.335 e. The van der Waals surface area contributed by atoms with Crippen LogP contribution in [0, 0.1) is 5.82 Å². The molecule has 0 aromatic heterocycles. The molecular weight excluding hydrogens is 271 g/mol. The minimum absolute atomic E-state index is 0.0331. The van der Waals surface area contributed by atoms with Crippen LogP contribution in [0.4, 0.5) is 4.39 Å². The molecule has 4 heteroatoms. The molecule has 108 valence electrons. The van der Waals surface area contributed by atoms with Gasteiger partial charge in [-0.05, 0) is 36.8 Å². The maximum Gasteiger partial charge on any atom is 0.335 e. The molecular formula is C17H15FO3. The maximum atomic E-state index is 13.5. The van der Waals surface area contributed by atoms with Crippen molar-refractivity contribution >= 4 is 11.5 Å². The van der Waals surface area contributed by atoms with Crippen molar-refractivity contribution in [2.45, 2.75) is 13.5 Å². The lowest BCUT2D eigenvalue weighted by Gasteiger charge is -2.10. The van der Waals surface area contributed by atoms with E-state index in [-0.39, 0.29) is 18.0 Å². The van der Waals surface area contributed by atoms with Crippen molar-refractivity contribution in [1.29, 1.82) is 0 Å². The van der Waals surface area contributed by atoms with Crippen molar-refractivity contribution in [2.24, 2.45) is 0 Å². The maximum absolute atomic E-state index is 13.5. The van der Waals surface area contributed by atoms with Crippen LogP contribution >= 0.6 is 0 Å². The van der Waals surface area contributed by atoms with Gasteiger partial charge in [0.05, 0.1) is 5.56 Å². The third-order valence-corrected chi connectivity index (χ3v) is 3.00. The van der Waals surface area contributed by atoms with Gasteiger partial charge in [0.25, 0.3) is 0 Å². The number of allylic oxidation sites excluding steroid dienone is 1. The summed E-state index contributed by atoms with van der Waals surface area (Å²) in [6, 6.07) is 10.9. The molecule has 1 N–H and O–H groups in total. The van der Waals surface area contributed by atoms with Crippen LogP contribution in [-0.2, 0) is 6.61 Å². The van der Waals surface area contributed by atoms with E-state index >= 15 is 0 Å². The molecule has 2 aromatic carbocycles. The molecule has 21 heavy (non-hydrogen) atoms. The Morgan fingerprint density at radius 3 is 2.52 bits per heavy atom. The van der Waals surface area contributed by atoms with Gasteiger partial charge in [-0.15, -0.1) is 0 Å². The van der Waals surface area contributed by atoms with Crippen LogP contribution in [0.15, 0.2) is 49.0 Å². The van der Waals surface area contributed by atoms with Crippen molar-refractivity contribution < 1.29 is 19.0 Å². The minimum atomic E-state index is -1.05. The first-order chi connectivity index (χ1) is 9.97. The Labute approximate surface area is 122 Å². The van der Waals surface area contributed by atoms with Crippen molar-refractivity contribution in [2.75, 3.05) is 0 Å². The zero-order valence-electron chi connectivity index (χ0n) is 11.6. The van der Waals surface area contributed by atoms with Crippen LogP contribution in [0.5, 0.6) is 5.75 Å².